The maximum Gasteiger partial charge on any atom is 0.0826 e. The van der Waals surface area contributed by atoms with Crippen molar-refractivity contribution in [2.24, 2.45) is 5.73 Å². The van der Waals surface area contributed by atoms with Gasteiger partial charge in [-0.1, -0.05) is 0 Å². The van der Waals surface area contributed by atoms with Crippen molar-refractivity contribution in [2.45, 2.75) is 26.5 Å². The number of ether oxygens (including phenoxy) is 1. The number of hydrogen-bond acceptors (Lipinski definition) is 3. The first-order valence-corrected chi connectivity index (χ1v) is 4.45. The zero-order valence-electron chi connectivity index (χ0n) is 8.45. The Morgan fingerprint density at radius 3 is 2.92 bits per heavy atom. The van der Waals surface area contributed by atoms with Gasteiger partial charge in [0, 0.05) is 24.9 Å². The molecule has 1 heterocycles. The second-order valence-electron chi connectivity index (χ2n) is 3.08. The van der Waals surface area contributed by atoms with Gasteiger partial charge in [-0.05, 0) is 13.8 Å². The van der Waals surface area contributed by atoms with Gasteiger partial charge in [0.2, 0.25) is 0 Å². The Morgan fingerprint density at radius 2 is 2.38 bits per heavy atom. The van der Waals surface area contributed by atoms with Crippen LogP contribution in [0.4, 0.5) is 0 Å². The normalized spacial score (nSPS) is 13.2. The van der Waals surface area contributed by atoms with Crippen LogP contribution in [0.25, 0.3) is 0 Å². The first kappa shape index (κ1) is 10.2. The summed E-state index contributed by atoms with van der Waals surface area (Å²) < 4.78 is 7.13. The molecule has 1 atom stereocenters. The number of aromatic nitrogens is 2. The summed E-state index contributed by atoms with van der Waals surface area (Å²) >= 11 is 0. The van der Waals surface area contributed by atoms with Crippen molar-refractivity contribution in [3.63, 3.8) is 0 Å². The molecule has 0 aliphatic rings. The molecular weight excluding hydrogens is 166 g/mol. The van der Waals surface area contributed by atoms with E-state index in [1.165, 1.54) is 0 Å². The van der Waals surface area contributed by atoms with Gasteiger partial charge in [0.25, 0.3) is 0 Å². The van der Waals surface area contributed by atoms with Crippen molar-refractivity contribution < 1.29 is 4.74 Å². The van der Waals surface area contributed by atoms with Gasteiger partial charge >= 0.3 is 0 Å². The average Bonchev–Trinajstić information content (AvgIpc) is 2.48. The van der Waals surface area contributed by atoms with Gasteiger partial charge in [0.15, 0.2) is 0 Å². The molecule has 0 aliphatic heterocycles. The Morgan fingerprint density at radius 1 is 1.69 bits per heavy atom. The third kappa shape index (κ3) is 2.08. The smallest absolute Gasteiger partial charge is 0.0826 e. The van der Waals surface area contributed by atoms with E-state index in [1.807, 2.05) is 24.7 Å². The lowest BCUT2D eigenvalue weighted by molar-refractivity contribution is 0.119. The van der Waals surface area contributed by atoms with E-state index in [0.717, 1.165) is 17.8 Å². The van der Waals surface area contributed by atoms with Gasteiger partial charge in [-0.15, -0.1) is 0 Å². The lowest BCUT2D eigenvalue weighted by Crippen LogP contribution is -2.12. The largest absolute Gasteiger partial charge is 0.377 e. The predicted octanol–water partition coefficient (Wildman–Crippen LogP) is 0.858. The topological polar surface area (TPSA) is 53.1 Å². The molecule has 0 fully saturated rings. The molecule has 0 aromatic carbocycles. The molecule has 0 saturated carbocycles. The van der Waals surface area contributed by atoms with E-state index in [-0.39, 0.29) is 6.10 Å². The molecule has 0 spiro atoms. The standard InChI is InChI=1S/C9H17N3O/c1-7-9(8(2)13-3)6-11-12(7)5-4-10/h6,8H,4-5,10H2,1-3H3/t8-/m1/s1. The van der Waals surface area contributed by atoms with Crippen LogP contribution in [0.3, 0.4) is 0 Å². The van der Waals surface area contributed by atoms with Crippen LogP contribution in [-0.4, -0.2) is 23.4 Å². The fraction of sp³-hybridized carbons (Fsp3) is 0.667. The molecule has 0 bridgehead atoms. The molecule has 13 heavy (non-hydrogen) atoms. The monoisotopic (exact) mass is 183 g/mol. The van der Waals surface area contributed by atoms with E-state index in [4.69, 9.17) is 10.5 Å². The van der Waals surface area contributed by atoms with Gasteiger partial charge in [-0.3, -0.25) is 4.68 Å². The number of rotatable bonds is 4. The quantitative estimate of drug-likeness (QED) is 0.753. The Balaban J connectivity index is 2.85. The highest BCUT2D eigenvalue weighted by molar-refractivity contribution is 5.18. The van der Waals surface area contributed by atoms with Crippen molar-refractivity contribution in [2.75, 3.05) is 13.7 Å². The molecular formula is C9H17N3O. The molecule has 1 rings (SSSR count). The summed E-state index contributed by atoms with van der Waals surface area (Å²) in [5, 5.41) is 4.23. The van der Waals surface area contributed by atoms with E-state index in [2.05, 4.69) is 5.10 Å². The number of methoxy groups -OCH3 is 1. The van der Waals surface area contributed by atoms with Crippen LogP contribution >= 0.6 is 0 Å². The summed E-state index contributed by atoms with van der Waals surface area (Å²) in [7, 11) is 1.70. The molecule has 0 amide bonds. The molecule has 74 valence electrons. The van der Waals surface area contributed by atoms with Crippen LogP contribution in [0.5, 0.6) is 0 Å². The highest BCUT2D eigenvalue weighted by Gasteiger charge is 2.11. The Labute approximate surface area is 78.7 Å². The summed E-state index contributed by atoms with van der Waals surface area (Å²) in [5.74, 6) is 0. The molecule has 0 saturated heterocycles. The Bertz CT molecular complexity index is 270. The van der Waals surface area contributed by atoms with Gasteiger partial charge in [0.1, 0.15) is 0 Å². The Hall–Kier alpha value is -0.870. The number of nitrogens with two attached hydrogens (primary N) is 1. The van der Waals surface area contributed by atoms with Crippen LogP contribution in [-0.2, 0) is 11.3 Å². The maximum atomic E-state index is 5.46. The van der Waals surface area contributed by atoms with Gasteiger partial charge < -0.3 is 10.5 Å². The average molecular weight is 183 g/mol. The first-order chi connectivity index (χ1) is 6.20. The lowest BCUT2D eigenvalue weighted by Gasteiger charge is -2.09. The highest BCUT2D eigenvalue weighted by atomic mass is 16.5. The summed E-state index contributed by atoms with van der Waals surface area (Å²) in [6.07, 6.45) is 1.95. The van der Waals surface area contributed by atoms with E-state index in [1.54, 1.807) is 7.11 Å². The summed E-state index contributed by atoms with van der Waals surface area (Å²) in [5.41, 5.74) is 7.73. The van der Waals surface area contributed by atoms with Crippen molar-refractivity contribution in [1.29, 1.82) is 0 Å². The van der Waals surface area contributed by atoms with Crippen molar-refractivity contribution in [3.05, 3.63) is 17.5 Å². The van der Waals surface area contributed by atoms with E-state index in [9.17, 15) is 0 Å². The van der Waals surface area contributed by atoms with Crippen LogP contribution in [0.1, 0.15) is 24.3 Å². The highest BCUT2D eigenvalue weighted by Crippen LogP contribution is 2.18. The van der Waals surface area contributed by atoms with Gasteiger partial charge in [-0.25, -0.2) is 0 Å². The van der Waals surface area contributed by atoms with Crippen molar-refractivity contribution in [3.8, 4) is 0 Å². The third-order valence-corrected chi connectivity index (χ3v) is 2.27. The second kappa shape index (κ2) is 4.39. The molecule has 4 nitrogen and oxygen atoms in total. The number of nitrogens with zero attached hydrogens (tertiary/aromatic N) is 2. The lowest BCUT2D eigenvalue weighted by atomic mass is 10.2. The van der Waals surface area contributed by atoms with Crippen LogP contribution < -0.4 is 5.73 Å². The molecule has 1 aromatic heterocycles. The summed E-state index contributed by atoms with van der Waals surface area (Å²) in [4.78, 5) is 0. The first-order valence-electron chi connectivity index (χ1n) is 4.45. The van der Waals surface area contributed by atoms with Crippen LogP contribution in [0.15, 0.2) is 6.20 Å². The maximum absolute atomic E-state index is 5.46. The third-order valence-electron chi connectivity index (χ3n) is 2.27. The molecule has 4 heteroatoms. The molecule has 0 radical (unpaired) electrons. The summed E-state index contributed by atoms with van der Waals surface area (Å²) in [6.45, 7) is 5.43. The minimum Gasteiger partial charge on any atom is -0.377 e. The molecule has 0 unspecified atom stereocenters. The van der Waals surface area contributed by atoms with Crippen LogP contribution in [0, 0.1) is 6.92 Å². The molecule has 0 aliphatic carbocycles. The zero-order chi connectivity index (χ0) is 9.84. The SMILES string of the molecule is CO[C@H](C)c1cnn(CCN)c1C. The van der Waals surface area contributed by atoms with E-state index in [0.29, 0.717) is 6.54 Å². The predicted molar refractivity (Wildman–Crippen MR) is 51.4 cm³/mol. The van der Waals surface area contributed by atoms with Crippen LogP contribution in [0.2, 0.25) is 0 Å². The second-order valence-corrected chi connectivity index (χ2v) is 3.08. The fourth-order valence-corrected chi connectivity index (χ4v) is 1.33. The van der Waals surface area contributed by atoms with Gasteiger partial charge in [0.05, 0.1) is 18.8 Å². The Kier molecular flexibility index (Phi) is 3.45. The summed E-state index contributed by atoms with van der Waals surface area (Å²) in [6, 6.07) is 0. The molecule has 1 aromatic rings. The fourth-order valence-electron chi connectivity index (χ4n) is 1.33. The minimum absolute atomic E-state index is 0.103. The number of hydrogen-bond donors (Lipinski definition) is 1. The van der Waals surface area contributed by atoms with Crippen molar-refractivity contribution in [1.82, 2.24) is 9.78 Å². The van der Waals surface area contributed by atoms with Gasteiger partial charge in [-0.2, -0.15) is 5.10 Å². The minimum atomic E-state index is 0.103. The molecule has 2 N–H and O–H groups in total. The zero-order valence-corrected chi connectivity index (χ0v) is 8.45. The van der Waals surface area contributed by atoms with E-state index < -0.39 is 0 Å². The van der Waals surface area contributed by atoms with Crippen molar-refractivity contribution >= 4 is 0 Å². The van der Waals surface area contributed by atoms with E-state index >= 15 is 0 Å².